The molecule has 0 radical (unpaired) electrons. The second kappa shape index (κ2) is 10.4. The van der Waals surface area contributed by atoms with Gasteiger partial charge in [0.05, 0.1) is 0 Å². The van der Waals surface area contributed by atoms with E-state index in [-0.39, 0.29) is 0 Å². The zero-order valence-corrected chi connectivity index (χ0v) is 24.6. The normalized spacial score (nSPS) is 12.6. The maximum Gasteiger partial charge on any atom is 0.142 e. The third-order valence-corrected chi connectivity index (χ3v) is 8.97. The first kappa shape index (κ1) is 25.7. The molecular weight excluding hydrogens is 550 g/mol. The number of nitrogens with zero attached hydrogens (tertiary/aromatic N) is 1. The molecule has 1 aliphatic carbocycles. The molecule has 3 heteroatoms. The van der Waals surface area contributed by atoms with Crippen molar-refractivity contribution < 1.29 is 8.83 Å². The summed E-state index contributed by atoms with van der Waals surface area (Å²) < 4.78 is 12.6. The molecule has 2 aromatic heterocycles. The first-order valence-corrected chi connectivity index (χ1v) is 15.5. The molecule has 6 aromatic carbocycles. The molecule has 0 bridgehead atoms. The van der Waals surface area contributed by atoms with Gasteiger partial charge in [-0.15, -0.1) is 0 Å². The minimum atomic E-state index is 0.888. The number of benzene rings is 6. The fourth-order valence-corrected chi connectivity index (χ4v) is 6.75. The van der Waals surface area contributed by atoms with E-state index in [0.717, 1.165) is 74.3 Å². The van der Waals surface area contributed by atoms with Crippen molar-refractivity contribution in [2.75, 3.05) is 4.90 Å². The van der Waals surface area contributed by atoms with Crippen LogP contribution in [0.2, 0.25) is 0 Å². The van der Waals surface area contributed by atoms with Crippen LogP contribution in [0.1, 0.15) is 17.7 Å². The molecule has 8 aromatic rings. The third-order valence-electron chi connectivity index (χ3n) is 8.97. The summed E-state index contributed by atoms with van der Waals surface area (Å²) in [6.07, 6.45) is 6.40. The first-order chi connectivity index (χ1) is 22.3. The molecule has 0 atom stereocenters. The van der Waals surface area contributed by atoms with E-state index in [4.69, 9.17) is 8.83 Å². The van der Waals surface area contributed by atoms with E-state index >= 15 is 0 Å². The molecule has 1 aliphatic rings. The molecule has 0 saturated heterocycles. The van der Waals surface area contributed by atoms with E-state index < -0.39 is 0 Å². The van der Waals surface area contributed by atoms with Crippen LogP contribution in [0.5, 0.6) is 0 Å². The van der Waals surface area contributed by atoms with Gasteiger partial charge in [0, 0.05) is 44.3 Å². The smallest absolute Gasteiger partial charge is 0.142 e. The molecule has 0 spiro atoms. The van der Waals surface area contributed by atoms with Gasteiger partial charge in [0.1, 0.15) is 22.5 Å². The molecule has 9 rings (SSSR count). The van der Waals surface area contributed by atoms with Gasteiger partial charge in [-0.05, 0) is 84.1 Å². The van der Waals surface area contributed by atoms with E-state index in [1.165, 1.54) is 22.1 Å². The number of anilines is 3. The number of hydrogen-bond donors (Lipinski definition) is 0. The van der Waals surface area contributed by atoms with Crippen LogP contribution in [0.25, 0.3) is 61.2 Å². The van der Waals surface area contributed by atoms with Crippen LogP contribution in [-0.2, 0) is 6.42 Å². The summed E-state index contributed by atoms with van der Waals surface area (Å²) in [5, 5.41) is 3.44. The Morgan fingerprint density at radius 3 is 1.98 bits per heavy atom. The van der Waals surface area contributed by atoms with E-state index in [2.05, 4.69) is 144 Å². The standard InChI is InChI=1S/C42H29NO2/c1-2-9-28(10-3-1)29-17-21-31(22-18-29)43(33-25-26-41-38(27-33)36-12-5-6-15-39(36)44-41)32-23-19-30(20-24-32)34-13-8-14-37-35-11-4-7-16-40(35)45-42(34)37/h1-3,5-10,12-27H,4,11H2. The lowest BCUT2D eigenvalue weighted by atomic mass is 9.97. The lowest BCUT2D eigenvalue weighted by Gasteiger charge is -2.26. The summed E-state index contributed by atoms with van der Waals surface area (Å²) in [4.78, 5) is 2.32. The van der Waals surface area contributed by atoms with Gasteiger partial charge in [0.15, 0.2) is 0 Å². The Morgan fingerprint density at radius 1 is 0.489 bits per heavy atom. The van der Waals surface area contributed by atoms with Gasteiger partial charge in [-0.25, -0.2) is 0 Å². The topological polar surface area (TPSA) is 29.5 Å². The van der Waals surface area contributed by atoms with E-state index in [0.29, 0.717) is 0 Å². The van der Waals surface area contributed by atoms with Crippen molar-refractivity contribution >= 4 is 56.0 Å². The molecular formula is C42H29NO2. The van der Waals surface area contributed by atoms with Gasteiger partial charge in [0.25, 0.3) is 0 Å². The monoisotopic (exact) mass is 579 g/mol. The fourth-order valence-electron chi connectivity index (χ4n) is 6.75. The summed E-state index contributed by atoms with van der Waals surface area (Å²) in [6, 6.07) is 49.3. The van der Waals surface area contributed by atoms with Gasteiger partial charge in [-0.3, -0.25) is 0 Å². The lowest BCUT2D eigenvalue weighted by molar-refractivity contribution is 0.596. The zero-order valence-electron chi connectivity index (χ0n) is 24.6. The predicted octanol–water partition coefficient (Wildman–Crippen LogP) is 12.1. The van der Waals surface area contributed by atoms with Crippen molar-refractivity contribution in [3.05, 3.63) is 157 Å². The number of para-hydroxylation sites is 2. The largest absolute Gasteiger partial charge is 0.456 e. The van der Waals surface area contributed by atoms with Crippen molar-refractivity contribution in [2.45, 2.75) is 12.8 Å². The highest BCUT2D eigenvalue weighted by Gasteiger charge is 2.19. The quantitative estimate of drug-likeness (QED) is 0.203. The van der Waals surface area contributed by atoms with Crippen molar-refractivity contribution in [1.82, 2.24) is 0 Å². The molecule has 0 aliphatic heterocycles. The van der Waals surface area contributed by atoms with Crippen LogP contribution in [0.15, 0.2) is 154 Å². The molecule has 2 heterocycles. The van der Waals surface area contributed by atoms with Crippen molar-refractivity contribution in [2.24, 2.45) is 0 Å². The van der Waals surface area contributed by atoms with Crippen LogP contribution in [0, 0.1) is 0 Å². The number of hydrogen-bond acceptors (Lipinski definition) is 3. The molecule has 0 amide bonds. The Labute approximate surface area is 261 Å². The van der Waals surface area contributed by atoms with E-state index in [1.807, 2.05) is 12.1 Å². The van der Waals surface area contributed by atoms with Gasteiger partial charge in [-0.2, -0.15) is 0 Å². The van der Waals surface area contributed by atoms with Crippen LogP contribution in [0.4, 0.5) is 17.1 Å². The van der Waals surface area contributed by atoms with Gasteiger partial charge < -0.3 is 13.7 Å². The molecule has 0 N–H and O–H groups in total. The predicted molar refractivity (Wildman–Crippen MR) is 186 cm³/mol. The second-order valence-corrected chi connectivity index (χ2v) is 11.6. The van der Waals surface area contributed by atoms with Crippen LogP contribution >= 0.6 is 0 Å². The van der Waals surface area contributed by atoms with Crippen molar-refractivity contribution in [3.63, 3.8) is 0 Å². The molecule has 45 heavy (non-hydrogen) atoms. The molecule has 0 saturated carbocycles. The SMILES string of the molecule is C1=Cc2oc3c(-c4ccc(N(c5ccc(-c6ccccc6)cc5)c5ccc6oc7ccccc7c6c5)cc4)cccc3c2CC1. The van der Waals surface area contributed by atoms with Crippen LogP contribution < -0.4 is 4.90 Å². The maximum absolute atomic E-state index is 6.40. The number of furan rings is 2. The molecule has 3 nitrogen and oxygen atoms in total. The summed E-state index contributed by atoms with van der Waals surface area (Å²) in [5.74, 6) is 0.993. The van der Waals surface area contributed by atoms with Crippen molar-refractivity contribution in [3.8, 4) is 22.3 Å². The summed E-state index contributed by atoms with van der Waals surface area (Å²) in [7, 11) is 0. The average molecular weight is 580 g/mol. The number of rotatable bonds is 5. The summed E-state index contributed by atoms with van der Waals surface area (Å²) in [5.41, 5.74) is 11.9. The lowest BCUT2D eigenvalue weighted by Crippen LogP contribution is -2.09. The number of aryl methyl sites for hydroxylation is 1. The Hall–Kier alpha value is -5.80. The Balaban J connectivity index is 1.16. The summed E-state index contributed by atoms with van der Waals surface area (Å²) in [6.45, 7) is 0. The molecule has 0 fully saturated rings. The van der Waals surface area contributed by atoms with E-state index in [9.17, 15) is 0 Å². The zero-order chi connectivity index (χ0) is 29.7. The number of fused-ring (bicyclic) bond motifs is 6. The minimum absolute atomic E-state index is 0.888. The molecule has 214 valence electrons. The highest BCUT2D eigenvalue weighted by atomic mass is 16.3. The second-order valence-electron chi connectivity index (χ2n) is 11.6. The Bertz CT molecular complexity index is 2360. The van der Waals surface area contributed by atoms with Crippen LogP contribution in [0.3, 0.4) is 0 Å². The van der Waals surface area contributed by atoms with Crippen molar-refractivity contribution in [1.29, 1.82) is 0 Å². The first-order valence-electron chi connectivity index (χ1n) is 15.5. The highest BCUT2D eigenvalue weighted by Crippen LogP contribution is 2.41. The van der Waals surface area contributed by atoms with Gasteiger partial charge in [-0.1, -0.05) is 97.1 Å². The third kappa shape index (κ3) is 4.36. The fraction of sp³-hybridized carbons (Fsp3) is 0.0476. The Kier molecular flexibility index (Phi) is 5.95. The highest BCUT2D eigenvalue weighted by molar-refractivity contribution is 6.06. The maximum atomic E-state index is 6.40. The van der Waals surface area contributed by atoms with Crippen LogP contribution in [-0.4, -0.2) is 0 Å². The average Bonchev–Trinajstić information content (AvgIpc) is 3.68. The Morgan fingerprint density at radius 2 is 1.16 bits per heavy atom. The molecule has 0 unspecified atom stereocenters. The van der Waals surface area contributed by atoms with Gasteiger partial charge in [0.2, 0.25) is 0 Å². The van der Waals surface area contributed by atoms with E-state index in [1.54, 1.807) is 0 Å². The van der Waals surface area contributed by atoms with Gasteiger partial charge >= 0.3 is 0 Å². The minimum Gasteiger partial charge on any atom is -0.456 e. The number of allylic oxidation sites excluding steroid dienone is 1. The summed E-state index contributed by atoms with van der Waals surface area (Å²) >= 11 is 0.